The molecular weight excluding hydrogens is 419 g/mol. The molecule has 2 aromatic heterocycles. The third-order valence-electron chi connectivity index (χ3n) is 4.86. The normalized spacial score (nSPS) is 10.6. The number of aromatic nitrogens is 5. The highest BCUT2D eigenvalue weighted by atomic mass is 35.5. The lowest BCUT2D eigenvalue weighted by atomic mass is 9.93. The van der Waals surface area contributed by atoms with Crippen molar-refractivity contribution in [2.24, 2.45) is 5.92 Å². The van der Waals surface area contributed by atoms with E-state index < -0.39 is 0 Å². The van der Waals surface area contributed by atoms with Gasteiger partial charge >= 0.3 is 0 Å². The zero-order valence-electron chi connectivity index (χ0n) is 17.4. The number of pyridine rings is 1. The van der Waals surface area contributed by atoms with Crippen LogP contribution < -0.4 is 5.32 Å². The van der Waals surface area contributed by atoms with Crippen molar-refractivity contribution in [3.8, 4) is 22.5 Å². The molecule has 2 heterocycles. The fraction of sp³-hybridized carbons (Fsp3) is 0.273. The molecule has 0 aliphatic carbocycles. The number of halogens is 2. The maximum Gasteiger partial charge on any atom is 0.204 e. The van der Waals surface area contributed by atoms with Crippen LogP contribution in [0.15, 0.2) is 42.5 Å². The Morgan fingerprint density at radius 3 is 2.30 bits per heavy atom. The van der Waals surface area contributed by atoms with Crippen LogP contribution in [0.4, 0.5) is 5.69 Å². The Labute approximate surface area is 188 Å². The van der Waals surface area contributed by atoms with E-state index >= 15 is 0 Å². The largest absolute Gasteiger partial charge is 0.386 e. The first-order chi connectivity index (χ1) is 13.6. The fourth-order valence-electron chi connectivity index (χ4n) is 3.56. The van der Waals surface area contributed by atoms with Gasteiger partial charge in [0.25, 0.3) is 0 Å². The number of H-pyrrole nitrogens is 1. The molecule has 0 aliphatic heterocycles. The minimum atomic E-state index is 0. The molecular formula is C22H26Cl2N6. The number of aryl methyl sites for hydroxylation is 1. The minimum Gasteiger partial charge on any atom is -0.386 e. The molecule has 2 N–H and O–H groups in total. The second-order valence-corrected chi connectivity index (χ2v) is 7.49. The molecule has 158 valence electrons. The molecule has 6 nitrogen and oxygen atoms in total. The van der Waals surface area contributed by atoms with Crippen LogP contribution in [0.5, 0.6) is 0 Å². The topological polar surface area (TPSA) is 79.4 Å². The van der Waals surface area contributed by atoms with Crippen LogP contribution >= 0.6 is 24.8 Å². The van der Waals surface area contributed by atoms with Gasteiger partial charge in [-0.1, -0.05) is 43.7 Å². The van der Waals surface area contributed by atoms with Gasteiger partial charge in [-0.05, 0) is 48.2 Å². The molecule has 30 heavy (non-hydrogen) atoms. The maximum absolute atomic E-state index is 4.99. The van der Waals surface area contributed by atoms with Crippen molar-refractivity contribution in [3.05, 3.63) is 53.7 Å². The predicted octanol–water partition coefficient (Wildman–Crippen LogP) is 5.47. The number of nitrogens with one attached hydrogen (secondary N) is 2. The Morgan fingerprint density at radius 1 is 1.00 bits per heavy atom. The van der Waals surface area contributed by atoms with Gasteiger partial charge in [-0.3, -0.25) is 4.98 Å². The quantitative estimate of drug-likeness (QED) is 0.426. The van der Waals surface area contributed by atoms with Crippen LogP contribution in [-0.4, -0.2) is 32.7 Å². The van der Waals surface area contributed by atoms with E-state index in [1.54, 1.807) is 0 Å². The first-order valence-corrected chi connectivity index (χ1v) is 9.52. The molecule has 0 saturated carbocycles. The van der Waals surface area contributed by atoms with Gasteiger partial charge in [0.15, 0.2) is 0 Å². The standard InChI is InChI=1S/C22H24N6.2ClH/c1-13(2)11-19-21(23-4)20(15-7-5-14(3)6-8-15)17-12-16(9-10-18(17)24-19)22-25-27-28-26-22;;/h5-10,12-13,23H,11H2,1-4H3,(H,25,26,27,28);2*1H. The number of aromatic amines is 1. The van der Waals surface area contributed by atoms with E-state index in [0.29, 0.717) is 11.7 Å². The van der Waals surface area contributed by atoms with Crippen LogP contribution in [0.1, 0.15) is 25.1 Å². The zero-order chi connectivity index (χ0) is 19.7. The van der Waals surface area contributed by atoms with Gasteiger partial charge in [0.1, 0.15) is 0 Å². The van der Waals surface area contributed by atoms with Gasteiger partial charge in [0, 0.05) is 23.6 Å². The van der Waals surface area contributed by atoms with Crippen molar-refractivity contribution in [1.82, 2.24) is 25.6 Å². The van der Waals surface area contributed by atoms with E-state index in [4.69, 9.17) is 4.98 Å². The SMILES string of the molecule is CNc1c(CC(C)C)nc2ccc(-c3nn[nH]n3)cc2c1-c1ccc(C)cc1.Cl.Cl. The Bertz CT molecular complexity index is 1110. The molecule has 0 radical (unpaired) electrons. The van der Waals surface area contributed by atoms with Crippen LogP contribution in [0.3, 0.4) is 0 Å². The molecule has 8 heteroatoms. The Kier molecular flexibility index (Phi) is 7.76. The van der Waals surface area contributed by atoms with Crippen molar-refractivity contribution in [3.63, 3.8) is 0 Å². The molecule has 0 amide bonds. The first-order valence-electron chi connectivity index (χ1n) is 9.52. The summed E-state index contributed by atoms with van der Waals surface area (Å²) in [7, 11) is 1.97. The molecule has 0 aliphatic rings. The number of hydrogen-bond acceptors (Lipinski definition) is 5. The van der Waals surface area contributed by atoms with Gasteiger partial charge in [-0.15, -0.1) is 35.0 Å². The summed E-state index contributed by atoms with van der Waals surface area (Å²) in [5.41, 5.74) is 7.62. The number of tetrazole rings is 1. The highest BCUT2D eigenvalue weighted by molar-refractivity contribution is 6.03. The smallest absolute Gasteiger partial charge is 0.204 e. The number of benzene rings is 2. The monoisotopic (exact) mass is 444 g/mol. The zero-order valence-corrected chi connectivity index (χ0v) is 19.1. The number of hydrogen-bond donors (Lipinski definition) is 2. The molecule has 4 rings (SSSR count). The lowest BCUT2D eigenvalue weighted by Crippen LogP contribution is -2.06. The summed E-state index contributed by atoms with van der Waals surface area (Å²) >= 11 is 0. The van der Waals surface area contributed by atoms with E-state index in [0.717, 1.165) is 45.4 Å². The molecule has 2 aromatic carbocycles. The first kappa shape index (κ1) is 23.6. The summed E-state index contributed by atoms with van der Waals surface area (Å²) in [5.74, 6) is 1.09. The molecule has 0 unspecified atom stereocenters. The summed E-state index contributed by atoms with van der Waals surface area (Å²) in [6.07, 6.45) is 0.914. The van der Waals surface area contributed by atoms with Crippen molar-refractivity contribution < 1.29 is 0 Å². The van der Waals surface area contributed by atoms with Crippen molar-refractivity contribution in [2.75, 3.05) is 12.4 Å². The van der Waals surface area contributed by atoms with Crippen LogP contribution in [0, 0.1) is 12.8 Å². The maximum atomic E-state index is 4.99. The summed E-state index contributed by atoms with van der Waals surface area (Å²) in [4.78, 5) is 4.99. The van der Waals surface area contributed by atoms with Gasteiger partial charge in [-0.25, -0.2) is 0 Å². The number of anilines is 1. The highest BCUT2D eigenvalue weighted by Gasteiger charge is 2.18. The third-order valence-corrected chi connectivity index (χ3v) is 4.86. The van der Waals surface area contributed by atoms with E-state index in [-0.39, 0.29) is 24.8 Å². The molecule has 0 spiro atoms. The summed E-state index contributed by atoms with van der Waals surface area (Å²) in [6.45, 7) is 6.54. The number of nitrogens with zero attached hydrogens (tertiary/aromatic N) is 4. The summed E-state index contributed by atoms with van der Waals surface area (Å²) in [6, 6.07) is 14.8. The molecule has 4 aromatic rings. The average molecular weight is 445 g/mol. The minimum absolute atomic E-state index is 0. The lowest BCUT2D eigenvalue weighted by molar-refractivity contribution is 0.638. The molecule has 0 bridgehead atoms. The van der Waals surface area contributed by atoms with Gasteiger partial charge < -0.3 is 5.32 Å². The molecule has 0 atom stereocenters. The Hall–Kier alpha value is -2.70. The fourth-order valence-corrected chi connectivity index (χ4v) is 3.56. The molecule has 0 fully saturated rings. The summed E-state index contributed by atoms with van der Waals surface area (Å²) < 4.78 is 0. The van der Waals surface area contributed by atoms with Gasteiger partial charge in [0.05, 0.1) is 16.9 Å². The lowest BCUT2D eigenvalue weighted by Gasteiger charge is -2.19. The van der Waals surface area contributed by atoms with E-state index in [9.17, 15) is 0 Å². The average Bonchev–Trinajstić information content (AvgIpc) is 3.22. The third kappa shape index (κ3) is 4.55. The van der Waals surface area contributed by atoms with E-state index in [1.165, 1.54) is 5.56 Å². The Balaban J connectivity index is 0.00000160. The van der Waals surface area contributed by atoms with Gasteiger partial charge in [0.2, 0.25) is 5.82 Å². The van der Waals surface area contributed by atoms with Crippen molar-refractivity contribution in [2.45, 2.75) is 27.2 Å². The van der Waals surface area contributed by atoms with Gasteiger partial charge in [-0.2, -0.15) is 5.21 Å². The van der Waals surface area contributed by atoms with Crippen LogP contribution in [-0.2, 0) is 6.42 Å². The van der Waals surface area contributed by atoms with E-state index in [2.05, 4.69) is 77.0 Å². The molecule has 0 saturated heterocycles. The number of fused-ring (bicyclic) bond motifs is 1. The van der Waals surface area contributed by atoms with Crippen LogP contribution in [0.2, 0.25) is 0 Å². The predicted molar refractivity (Wildman–Crippen MR) is 128 cm³/mol. The van der Waals surface area contributed by atoms with Crippen molar-refractivity contribution in [1.29, 1.82) is 0 Å². The van der Waals surface area contributed by atoms with E-state index in [1.807, 2.05) is 19.2 Å². The Morgan fingerprint density at radius 2 is 1.70 bits per heavy atom. The number of rotatable bonds is 5. The van der Waals surface area contributed by atoms with Crippen LogP contribution in [0.25, 0.3) is 33.4 Å². The summed E-state index contributed by atoms with van der Waals surface area (Å²) in [5, 5.41) is 18.9. The highest BCUT2D eigenvalue weighted by Crippen LogP contribution is 2.38. The second kappa shape index (κ2) is 9.87. The second-order valence-electron chi connectivity index (χ2n) is 7.49. The van der Waals surface area contributed by atoms with Crippen molar-refractivity contribution >= 4 is 41.4 Å².